The van der Waals surface area contributed by atoms with E-state index in [1.807, 2.05) is 0 Å². The lowest BCUT2D eigenvalue weighted by atomic mass is 10.0. The Balaban J connectivity index is 1.91. The van der Waals surface area contributed by atoms with Crippen molar-refractivity contribution in [3.8, 4) is 5.75 Å². The number of anilines is 1. The van der Waals surface area contributed by atoms with Crippen molar-refractivity contribution in [1.82, 2.24) is 0 Å². The van der Waals surface area contributed by atoms with Gasteiger partial charge in [0.2, 0.25) is 0 Å². The van der Waals surface area contributed by atoms with Gasteiger partial charge in [0.25, 0.3) is 0 Å². The van der Waals surface area contributed by atoms with Crippen LogP contribution in [0.15, 0.2) is 34.9 Å². The fourth-order valence-corrected chi connectivity index (χ4v) is 2.87. The number of para-hydroxylation sites is 1. The highest BCUT2D eigenvalue weighted by molar-refractivity contribution is 5.99. The van der Waals surface area contributed by atoms with Crippen molar-refractivity contribution < 1.29 is 37.0 Å². The van der Waals surface area contributed by atoms with Crippen LogP contribution in [0.1, 0.15) is 28.1 Å². The van der Waals surface area contributed by atoms with Crippen LogP contribution < -0.4 is 9.64 Å². The van der Waals surface area contributed by atoms with Crippen molar-refractivity contribution in [3.05, 3.63) is 47.4 Å². The molecule has 2 aromatic rings. The molecule has 0 saturated heterocycles. The monoisotopic (exact) mass is 369 g/mol. The number of fused-ring (bicyclic) bond motifs is 1. The Morgan fingerprint density at radius 3 is 2.73 bits per heavy atom. The second-order valence-corrected chi connectivity index (χ2v) is 5.67. The van der Waals surface area contributed by atoms with Gasteiger partial charge in [-0.3, -0.25) is 4.79 Å². The Morgan fingerprint density at radius 2 is 2.04 bits per heavy atom. The number of nitrogens with zero attached hydrogens (tertiary/aromatic N) is 1. The van der Waals surface area contributed by atoms with Gasteiger partial charge in [0.15, 0.2) is 5.76 Å². The third-order valence-electron chi connectivity index (χ3n) is 4.00. The number of rotatable bonds is 4. The van der Waals surface area contributed by atoms with Crippen LogP contribution in [0.25, 0.3) is 0 Å². The molecule has 9 heteroatoms. The Bertz CT molecular complexity index is 843. The van der Waals surface area contributed by atoms with Crippen LogP contribution >= 0.6 is 0 Å². The number of furan rings is 1. The zero-order chi connectivity index (χ0) is 18.9. The molecule has 1 amide bonds. The van der Waals surface area contributed by atoms with E-state index in [-0.39, 0.29) is 35.9 Å². The molecule has 1 aromatic heterocycles. The number of benzene rings is 1. The molecule has 0 fully saturated rings. The molecule has 6 nitrogen and oxygen atoms in total. The third kappa shape index (κ3) is 3.37. The molecular weight excluding hydrogens is 355 g/mol. The van der Waals surface area contributed by atoms with Gasteiger partial charge >= 0.3 is 18.1 Å². The predicted molar refractivity (Wildman–Crippen MR) is 83.2 cm³/mol. The number of carbonyl (C=O) groups is 2. The highest BCUT2D eigenvalue weighted by atomic mass is 19.4. The van der Waals surface area contributed by atoms with E-state index < -0.39 is 18.1 Å². The van der Waals surface area contributed by atoms with Crippen molar-refractivity contribution in [1.29, 1.82) is 0 Å². The standard InChI is InChI=1S/C17H14F3NO5/c18-17(19,20)16(24)21-7-2-4-10-3-1-5-12(14(10)21)26-9-13-11(15(22)23)6-8-25-13/h1,3,5-6,8H,2,4,7,9H2,(H,22,23). The lowest BCUT2D eigenvalue weighted by Crippen LogP contribution is -2.44. The molecule has 2 heterocycles. The summed E-state index contributed by atoms with van der Waals surface area (Å²) >= 11 is 0. The molecule has 0 saturated carbocycles. The summed E-state index contributed by atoms with van der Waals surface area (Å²) in [5.41, 5.74) is 0.520. The van der Waals surface area contributed by atoms with Gasteiger partial charge in [-0.25, -0.2) is 4.79 Å². The van der Waals surface area contributed by atoms with Gasteiger partial charge < -0.3 is 19.2 Å². The van der Waals surface area contributed by atoms with Gasteiger partial charge in [0.05, 0.1) is 12.0 Å². The average molecular weight is 369 g/mol. The number of carboxylic acids is 1. The fourth-order valence-electron chi connectivity index (χ4n) is 2.87. The highest BCUT2D eigenvalue weighted by Crippen LogP contribution is 2.38. The molecule has 26 heavy (non-hydrogen) atoms. The van der Waals surface area contributed by atoms with Gasteiger partial charge in [-0.15, -0.1) is 0 Å². The number of carbonyl (C=O) groups excluding carboxylic acids is 1. The second-order valence-electron chi connectivity index (χ2n) is 5.67. The molecular formula is C17H14F3NO5. The minimum Gasteiger partial charge on any atom is -0.483 e. The van der Waals surface area contributed by atoms with Crippen molar-refractivity contribution in [2.24, 2.45) is 0 Å². The average Bonchev–Trinajstić information content (AvgIpc) is 3.06. The molecule has 1 aliphatic rings. The maximum absolute atomic E-state index is 12.9. The van der Waals surface area contributed by atoms with E-state index in [0.29, 0.717) is 23.3 Å². The lowest BCUT2D eigenvalue weighted by Gasteiger charge is -2.31. The van der Waals surface area contributed by atoms with Crippen LogP contribution in [0.2, 0.25) is 0 Å². The van der Waals surface area contributed by atoms with E-state index >= 15 is 0 Å². The van der Waals surface area contributed by atoms with Gasteiger partial charge in [0, 0.05) is 6.54 Å². The maximum atomic E-state index is 12.9. The summed E-state index contributed by atoms with van der Waals surface area (Å²) in [6, 6.07) is 5.93. The SMILES string of the molecule is O=C(O)c1ccoc1COc1cccc2c1N(C(=O)C(F)(F)F)CCC2. The summed E-state index contributed by atoms with van der Waals surface area (Å²) in [6.07, 6.45) is -2.91. The number of halogens is 3. The van der Waals surface area contributed by atoms with Crippen LogP contribution in [0, 0.1) is 0 Å². The van der Waals surface area contributed by atoms with Crippen molar-refractivity contribution in [3.63, 3.8) is 0 Å². The van der Waals surface area contributed by atoms with E-state index in [1.165, 1.54) is 18.4 Å². The number of aryl methyl sites for hydroxylation is 1. The first-order valence-electron chi connectivity index (χ1n) is 7.72. The number of aromatic carboxylic acids is 1. The second kappa shape index (κ2) is 6.74. The quantitative estimate of drug-likeness (QED) is 0.894. The topological polar surface area (TPSA) is 80.0 Å². The third-order valence-corrected chi connectivity index (χ3v) is 4.00. The van der Waals surface area contributed by atoms with Gasteiger partial charge in [0.1, 0.15) is 17.9 Å². The number of alkyl halides is 3. The molecule has 3 rings (SSSR count). The summed E-state index contributed by atoms with van der Waals surface area (Å²) in [4.78, 5) is 23.5. The van der Waals surface area contributed by atoms with Crippen LogP contribution in [0.5, 0.6) is 5.75 Å². The Labute approximate surface area is 145 Å². The molecule has 0 unspecified atom stereocenters. The van der Waals surface area contributed by atoms with E-state index in [4.69, 9.17) is 14.3 Å². The molecule has 138 valence electrons. The smallest absolute Gasteiger partial charge is 0.471 e. The molecule has 1 aromatic carbocycles. The first-order valence-corrected chi connectivity index (χ1v) is 7.72. The zero-order valence-corrected chi connectivity index (χ0v) is 13.4. The molecule has 1 aliphatic heterocycles. The largest absolute Gasteiger partial charge is 0.483 e. The number of ether oxygens (including phenoxy) is 1. The molecule has 0 atom stereocenters. The van der Waals surface area contributed by atoms with E-state index in [9.17, 15) is 22.8 Å². The fraction of sp³-hybridized carbons (Fsp3) is 0.294. The lowest BCUT2D eigenvalue weighted by molar-refractivity contribution is -0.170. The molecule has 0 bridgehead atoms. The van der Waals surface area contributed by atoms with Crippen molar-refractivity contribution in [2.75, 3.05) is 11.4 Å². The Kier molecular flexibility index (Phi) is 4.62. The maximum Gasteiger partial charge on any atom is 0.471 e. The summed E-state index contributed by atoms with van der Waals surface area (Å²) in [5.74, 6) is -3.08. The molecule has 1 N–H and O–H groups in total. The molecule has 0 aliphatic carbocycles. The number of carboxylic acid groups (broad SMARTS) is 1. The molecule has 0 radical (unpaired) electrons. The van der Waals surface area contributed by atoms with Crippen molar-refractivity contribution in [2.45, 2.75) is 25.6 Å². The van der Waals surface area contributed by atoms with Crippen LogP contribution in [0.4, 0.5) is 18.9 Å². The van der Waals surface area contributed by atoms with Crippen LogP contribution in [-0.2, 0) is 17.8 Å². The first-order chi connectivity index (χ1) is 12.3. The normalized spacial score (nSPS) is 14.0. The minimum absolute atomic E-state index is 0.0274. The summed E-state index contributed by atoms with van der Waals surface area (Å²) in [7, 11) is 0. The van der Waals surface area contributed by atoms with Gasteiger partial charge in [-0.2, -0.15) is 13.2 Å². The number of amides is 1. The predicted octanol–water partition coefficient (Wildman–Crippen LogP) is 3.40. The van der Waals surface area contributed by atoms with E-state index in [0.717, 1.165) is 0 Å². The first kappa shape index (κ1) is 17.8. The van der Waals surface area contributed by atoms with E-state index in [1.54, 1.807) is 12.1 Å². The molecule has 0 spiro atoms. The number of hydrogen-bond acceptors (Lipinski definition) is 4. The summed E-state index contributed by atoms with van der Waals surface area (Å²) in [6.45, 7) is -0.369. The van der Waals surface area contributed by atoms with Gasteiger partial charge in [-0.1, -0.05) is 12.1 Å². The summed E-state index contributed by atoms with van der Waals surface area (Å²) in [5, 5.41) is 9.05. The van der Waals surface area contributed by atoms with Gasteiger partial charge in [-0.05, 0) is 30.5 Å². The van der Waals surface area contributed by atoms with Crippen molar-refractivity contribution >= 4 is 17.6 Å². The van der Waals surface area contributed by atoms with Crippen LogP contribution in [-0.4, -0.2) is 29.7 Å². The number of hydrogen-bond donors (Lipinski definition) is 1. The minimum atomic E-state index is -5.00. The Hall–Kier alpha value is -2.97. The zero-order valence-electron chi connectivity index (χ0n) is 13.4. The van der Waals surface area contributed by atoms with E-state index in [2.05, 4.69) is 0 Å². The highest BCUT2D eigenvalue weighted by Gasteiger charge is 2.44. The van der Waals surface area contributed by atoms with Crippen LogP contribution in [0.3, 0.4) is 0 Å². The Morgan fingerprint density at radius 1 is 1.27 bits per heavy atom. The summed E-state index contributed by atoms with van der Waals surface area (Å²) < 4.78 is 49.3.